The molecule has 1 heterocycles. The highest BCUT2D eigenvalue weighted by atomic mass is 32.2. The second kappa shape index (κ2) is 7.42. The van der Waals surface area contributed by atoms with Gasteiger partial charge < -0.3 is 5.32 Å². The third kappa shape index (κ3) is 4.93. The van der Waals surface area contributed by atoms with Crippen molar-refractivity contribution in [3.63, 3.8) is 0 Å². The van der Waals surface area contributed by atoms with Crippen molar-refractivity contribution in [1.82, 2.24) is 10.2 Å². The van der Waals surface area contributed by atoms with Crippen LogP contribution in [0.5, 0.6) is 0 Å². The van der Waals surface area contributed by atoms with E-state index in [2.05, 4.69) is 37.9 Å². The first kappa shape index (κ1) is 18.9. The van der Waals surface area contributed by atoms with E-state index in [-0.39, 0.29) is 16.5 Å². The van der Waals surface area contributed by atoms with Gasteiger partial charge in [-0.15, -0.1) is 0 Å². The summed E-state index contributed by atoms with van der Waals surface area (Å²) in [5.41, 5.74) is 0.103. The predicted octanol–water partition coefficient (Wildman–Crippen LogP) is 2.30. The van der Waals surface area contributed by atoms with E-state index in [1.165, 1.54) is 0 Å². The van der Waals surface area contributed by atoms with Gasteiger partial charge in [0.15, 0.2) is 9.84 Å². The van der Waals surface area contributed by atoms with E-state index >= 15 is 0 Å². The Bertz CT molecular complexity index is 422. The minimum atomic E-state index is -2.96. The molecule has 1 fully saturated rings. The molecule has 0 aromatic carbocycles. The van der Waals surface area contributed by atoms with Crippen LogP contribution in [0.25, 0.3) is 0 Å². The number of rotatable bonds is 7. The van der Waals surface area contributed by atoms with Crippen LogP contribution in [0.3, 0.4) is 0 Å². The van der Waals surface area contributed by atoms with Crippen LogP contribution in [0.1, 0.15) is 54.4 Å². The van der Waals surface area contributed by atoms with Crippen LogP contribution in [0.15, 0.2) is 0 Å². The van der Waals surface area contributed by atoms with E-state index in [0.29, 0.717) is 18.5 Å². The van der Waals surface area contributed by atoms with Crippen molar-refractivity contribution in [3.8, 4) is 0 Å². The number of nitrogens with one attached hydrogen (secondary N) is 1. The molecule has 1 aliphatic heterocycles. The van der Waals surface area contributed by atoms with Crippen molar-refractivity contribution >= 4 is 9.84 Å². The Morgan fingerprint density at radius 2 is 1.90 bits per heavy atom. The zero-order chi connectivity index (χ0) is 16.3. The molecule has 0 radical (unpaired) electrons. The molecule has 0 aromatic rings. The molecule has 0 aliphatic carbocycles. The summed E-state index contributed by atoms with van der Waals surface area (Å²) < 4.78 is 24.2. The molecule has 1 saturated heterocycles. The first-order valence-corrected chi connectivity index (χ1v) is 10.1. The molecule has 0 bridgehead atoms. The average Bonchev–Trinajstić information content (AvgIpc) is 2.44. The lowest BCUT2D eigenvalue weighted by atomic mass is 9.88. The van der Waals surface area contributed by atoms with Crippen LogP contribution >= 0.6 is 0 Å². The van der Waals surface area contributed by atoms with E-state index in [1.807, 2.05) is 0 Å². The van der Waals surface area contributed by atoms with Crippen LogP contribution in [-0.2, 0) is 9.84 Å². The Hall–Kier alpha value is -0.130. The highest BCUT2D eigenvalue weighted by Crippen LogP contribution is 2.24. The molecule has 0 amide bonds. The molecule has 4 nitrogen and oxygen atoms in total. The zero-order valence-corrected chi connectivity index (χ0v) is 15.5. The molecule has 0 aromatic heterocycles. The van der Waals surface area contributed by atoms with Gasteiger partial charge in [-0.05, 0) is 33.1 Å². The number of nitrogens with zero attached hydrogens (tertiary/aromatic N) is 1. The molecule has 1 rings (SSSR count). The van der Waals surface area contributed by atoms with Gasteiger partial charge in [-0.25, -0.2) is 8.42 Å². The van der Waals surface area contributed by atoms with Crippen molar-refractivity contribution < 1.29 is 8.42 Å². The maximum absolute atomic E-state index is 12.1. The summed E-state index contributed by atoms with van der Waals surface area (Å²) in [5.74, 6) is 0.859. The standard InChI is InChI=1S/C16H34N2O2S/c1-7-14(5)15-11-17-16(6,8-2)12-18(15)9-10-21(19,20)13(3)4/h13-15,17H,7-12H2,1-6H3. The number of sulfone groups is 1. The summed E-state index contributed by atoms with van der Waals surface area (Å²) >= 11 is 0. The Labute approximate surface area is 131 Å². The van der Waals surface area contributed by atoms with Gasteiger partial charge in [-0.3, -0.25) is 4.90 Å². The summed E-state index contributed by atoms with van der Waals surface area (Å²) in [6, 6.07) is 0.442. The molecule has 3 unspecified atom stereocenters. The third-order valence-electron chi connectivity index (χ3n) is 5.22. The number of hydrogen-bond acceptors (Lipinski definition) is 4. The fraction of sp³-hybridized carbons (Fsp3) is 1.00. The fourth-order valence-electron chi connectivity index (χ4n) is 2.90. The van der Waals surface area contributed by atoms with Crippen LogP contribution in [-0.4, -0.2) is 55.5 Å². The number of piperazine rings is 1. The highest BCUT2D eigenvalue weighted by Gasteiger charge is 2.36. The van der Waals surface area contributed by atoms with Crippen LogP contribution in [0, 0.1) is 5.92 Å². The molecule has 0 saturated carbocycles. The normalized spacial score (nSPS) is 29.8. The molecule has 21 heavy (non-hydrogen) atoms. The molecule has 3 atom stereocenters. The van der Waals surface area contributed by atoms with E-state index in [4.69, 9.17) is 0 Å². The minimum absolute atomic E-state index is 0.103. The lowest BCUT2D eigenvalue weighted by molar-refractivity contribution is 0.0603. The Morgan fingerprint density at radius 3 is 2.38 bits per heavy atom. The first-order valence-electron chi connectivity index (χ1n) is 8.36. The van der Waals surface area contributed by atoms with Crippen molar-refractivity contribution in [2.75, 3.05) is 25.4 Å². The zero-order valence-electron chi connectivity index (χ0n) is 14.6. The van der Waals surface area contributed by atoms with E-state index < -0.39 is 9.84 Å². The quantitative estimate of drug-likeness (QED) is 0.782. The molecular formula is C16H34N2O2S. The molecular weight excluding hydrogens is 284 g/mol. The summed E-state index contributed by atoms with van der Waals surface area (Å²) in [7, 11) is -2.96. The minimum Gasteiger partial charge on any atom is -0.309 e. The van der Waals surface area contributed by atoms with Crippen molar-refractivity contribution in [3.05, 3.63) is 0 Å². The van der Waals surface area contributed by atoms with Crippen molar-refractivity contribution in [2.45, 2.75) is 71.2 Å². The van der Waals surface area contributed by atoms with Gasteiger partial charge in [-0.2, -0.15) is 0 Å². The highest BCUT2D eigenvalue weighted by molar-refractivity contribution is 7.92. The first-order chi connectivity index (χ1) is 9.65. The summed E-state index contributed by atoms with van der Waals surface area (Å²) in [4.78, 5) is 2.41. The molecule has 1 aliphatic rings. The lowest BCUT2D eigenvalue weighted by Gasteiger charge is -2.48. The SMILES string of the molecule is CCC(C)C1CNC(C)(CC)CN1CCS(=O)(=O)C(C)C. The third-order valence-corrected chi connectivity index (χ3v) is 7.41. The summed E-state index contributed by atoms with van der Waals surface area (Å²) in [6.07, 6.45) is 2.19. The number of hydrogen-bond donors (Lipinski definition) is 1. The van der Waals surface area contributed by atoms with Crippen LogP contribution in [0.4, 0.5) is 0 Å². The van der Waals surface area contributed by atoms with E-state index in [1.54, 1.807) is 13.8 Å². The van der Waals surface area contributed by atoms with Gasteiger partial charge in [0.1, 0.15) is 0 Å². The second-order valence-electron chi connectivity index (χ2n) is 7.13. The van der Waals surface area contributed by atoms with Crippen molar-refractivity contribution in [1.29, 1.82) is 0 Å². The monoisotopic (exact) mass is 318 g/mol. The second-order valence-corrected chi connectivity index (χ2v) is 9.81. The van der Waals surface area contributed by atoms with Crippen LogP contribution in [0.2, 0.25) is 0 Å². The predicted molar refractivity (Wildman–Crippen MR) is 90.4 cm³/mol. The Kier molecular flexibility index (Phi) is 6.69. The topological polar surface area (TPSA) is 49.4 Å². The molecule has 5 heteroatoms. The van der Waals surface area contributed by atoms with Gasteiger partial charge in [-0.1, -0.05) is 27.2 Å². The maximum Gasteiger partial charge on any atom is 0.153 e. The Balaban J connectivity index is 2.80. The molecule has 126 valence electrons. The lowest BCUT2D eigenvalue weighted by Crippen LogP contribution is -2.64. The van der Waals surface area contributed by atoms with Gasteiger partial charge in [0, 0.05) is 31.2 Å². The van der Waals surface area contributed by atoms with Gasteiger partial charge in [0.25, 0.3) is 0 Å². The summed E-state index contributed by atoms with van der Waals surface area (Å²) in [6.45, 7) is 15.0. The van der Waals surface area contributed by atoms with Crippen LogP contribution < -0.4 is 5.32 Å². The fourth-order valence-corrected chi connectivity index (χ4v) is 3.86. The van der Waals surface area contributed by atoms with E-state index in [9.17, 15) is 8.42 Å². The van der Waals surface area contributed by atoms with Gasteiger partial charge in [0.05, 0.1) is 11.0 Å². The smallest absolute Gasteiger partial charge is 0.153 e. The summed E-state index contributed by atoms with van der Waals surface area (Å²) in [5, 5.41) is 3.39. The molecule has 0 spiro atoms. The van der Waals surface area contributed by atoms with Gasteiger partial charge >= 0.3 is 0 Å². The van der Waals surface area contributed by atoms with E-state index in [0.717, 1.165) is 25.9 Å². The average molecular weight is 319 g/mol. The van der Waals surface area contributed by atoms with Crippen molar-refractivity contribution in [2.24, 2.45) is 5.92 Å². The molecule has 1 N–H and O–H groups in total. The van der Waals surface area contributed by atoms with Gasteiger partial charge in [0.2, 0.25) is 0 Å². The maximum atomic E-state index is 12.1. The largest absolute Gasteiger partial charge is 0.309 e. The Morgan fingerprint density at radius 1 is 1.29 bits per heavy atom.